The zero-order valence-electron chi connectivity index (χ0n) is 12.9. The van der Waals surface area contributed by atoms with E-state index in [0.29, 0.717) is 11.6 Å². The molecule has 2 N–H and O–H groups in total. The van der Waals surface area contributed by atoms with Crippen molar-refractivity contribution in [3.05, 3.63) is 46.6 Å². The molecule has 1 aliphatic heterocycles. The molecule has 2 rings (SSSR count). The first kappa shape index (κ1) is 19.5. The van der Waals surface area contributed by atoms with Gasteiger partial charge in [0.15, 0.2) is 12.5 Å². The molecule has 0 fully saturated rings. The number of hydrogen-bond donors (Lipinski definition) is 2. The minimum atomic E-state index is -4.74. The Hall–Kier alpha value is -2.81. The Labute approximate surface area is 150 Å². The molecule has 1 heterocycles. The van der Waals surface area contributed by atoms with Crippen LogP contribution in [-0.4, -0.2) is 42.0 Å². The molecule has 2 atom stereocenters. The number of carboxylic acid groups (broad SMARTS) is 1. The molecule has 0 aliphatic carbocycles. The number of aliphatic carboxylic acids is 1. The van der Waals surface area contributed by atoms with Crippen molar-refractivity contribution < 1.29 is 32.7 Å². The molecule has 0 bridgehead atoms. The predicted molar refractivity (Wildman–Crippen MR) is 87.4 cm³/mol. The van der Waals surface area contributed by atoms with Crippen LogP contribution in [0.15, 0.2) is 41.1 Å². The average Bonchev–Trinajstić information content (AvgIpc) is 2.59. The molecule has 1 aliphatic rings. The lowest BCUT2D eigenvalue weighted by molar-refractivity contribution is -0.131. The van der Waals surface area contributed by atoms with Gasteiger partial charge in [-0.2, -0.15) is 13.2 Å². The van der Waals surface area contributed by atoms with Gasteiger partial charge in [-0.1, -0.05) is 23.7 Å². The summed E-state index contributed by atoms with van der Waals surface area (Å²) in [5.41, 5.74) is -0.629. The van der Waals surface area contributed by atoms with Crippen molar-refractivity contribution in [1.29, 1.82) is 0 Å². The maximum Gasteiger partial charge on any atom is 0.430 e. The Bertz CT molecular complexity index is 792. The van der Waals surface area contributed by atoms with E-state index in [4.69, 9.17) is 16.7 Å². The predicted octanol–water partition coefficient (Wildman–Crippen LogP) is 2.30. The summed E-state index contributed by atoms with van der Waals surface area (Å²) in [5, 5.41) is 10.4. The highest BCUT2D eigenvalue weighted by Gasteiger charge is 2.41. The summed E-state index contributed by atoms with van der Waals surface area (Å²) in [7, 11) is 0. The minimum absolute atomic E-state index is 0.229. The Kier molecular flexibility index (Phi) is 5.71. The first-order valence-corrected chi connectivity index (χ1v) is 7.50. The minimum Gasteiger partial charge on any atom is -0.477 e. The SMILES string of the molecule is O=CC1C=C(C(F)(F)F)NC(C=O)N1c1cccc(C=C(Cl)C(=O)O)c1. The van der Waals surface area contributed by atoms with Crippen LogP contribution in [0, 0.1) is 0 Å². The summed E-state index contributed by atoms with van der Waals surface area (Å²) >= 11 is 5.56. The van der Waals surface area contributed by atoms with Crippen LogP contribution in [0.25, 0.3) is 6.08 Å². The van der Waals surface area contributed by atoms with Crippen molar-refractivity contribution >= 4 is 41.9 Å². The highest BCUT2D eigenvalue weighted by atomic mass is 35.5. The molecular weight excluding hydrogens is 377 g/mol. The standard InChI is InChI=1S/C16H12ClF3N2O4/c17-12(15(25)26)5-9-2-1-3-10(4-9)22-11(7-23)6-13(16(18,19)20)21-14(22)8-24/h1-8,11,14,21H,(H,25,26). The zero-order chi connectivity index (χ0) is 19.5. The second kappa shape index (κ2) is 7.61. The van der Waals surface area contributed by atoms with E-state index < -0.39 is 35.1 Å². The molecule has 1 aromatic carbocycles. The van der Waals surface area contributed by atoms with Gasteiger partial charge in [0.2, 0.25) is 0 Å². The molecule has 0 aromatic heterocycles. The van der Waals surface area contributed by atoms with E-state index in [1.54, 1.807) is 0 Å². The molecular formula is C16H12ClF3N2O4. The highest BCUT2D eigenvalue weighted by molar-refractivity contribution is 6.42. The maximum absolute atomic E-state index is 12.9. The number of carboxylic acids is 1. The average molecular weight is 389 g/mol. The highest BCUT2D eigenvalue weighted by Crippen LogP contribution is 2.31. The number of nitrogens with one attached hydrogen (secondary N) is 1. The van der Waals surface area contributed by atoms with Crippen LogP contribution in [0.3, 0.4) is 0 Å². The zero-order valence-corrected chi connectivity index (χ0v) is 13.7. The molecule has 0 saturated heterocycles. The normalized spacial score (nSPS) is 20.8. The van der Waals surface area contributed by atoms with Gasteiger partial charge in [0, 0.05) is 5.69 Å². The van der Waals surface area contributed by atoms with Gasteiger partial charge in [-0.25, -0.2) is 4.79 Å². The second-order valence-corrected chi connectivity index (χ2v) is 5.64. The first-order valence-electron chi connectivity index (χ1n) is 7.12. The monoisotopic (exact) mass is 388 g/mol. The Morgan fingerprint density at radius 3 is 2.50 bits per heavy atom. The van der Waals surface area contributed by atoms with Gasteiger partial charge in [0.25, 0.3) is 0 Å². The Morgan fingerprint density at radius 1 is 1.27 bits per heavy atom. The topological polar surface area (TPSA) is 86.7 Å². The number of anilines is 1. The van der Waals surface area contributed by atoms with Gasteiger partial charge in [0.1, 0.15) is 23.1 Å². The number of carbonyl (C=O) groups excluding carboxylic acids is 2. The molecule has 0 amide bonds. The Morgan fingerprint density at radius 2 is 1.96 bits per heavy atom. The molecule has 10 heteroatoms. The summed E-state index contributed by atoms with van der Waals surface area (Å²) in [6.07, 6.45) is -3.87. The summed E-state index contributed by atoms with van der Waals surface area (Å²) in [6, 6.07) is 4.51. The summed E-state index contributed by atoms with van der Waals surface area (Å²) in [6.45, 7) is 0. The van der Waals surface area contributed by atoms with E-state index in [1.165, 1.54) is 24.3 Å². The molecule has 6 nitrogen and oxygen atoms in total. The lowest BCUT2D eigenvalue weighted by atomic mass is 10.1. The summed E-state index contributed by atoms with van der Waals surface area (Å²) in [4.78, 5) is 34.6. The summed E-state index contributed by atoms with van der Waals surface area (Å²) < 4.78 is 38.7. The fraction of sp³-hybridized carbons (Fsp3) is 0.188. The number of carbonyl (C=O) groups is 3. The molecule has 0 spiro atoms. The number of nitrogens with zero attached hydrogens (tertiary/aromatic N) is 1. The lowest BCUT2D eigenvalue weighted by Gasteiger charge is -2.39. The van der Waals surface area contributed by atoms with Gasteiger partial charge in [0.05, 0.1) is 0 Å². The molecule has 1 aromatic rings. The van der Waals surface area contributed by atoms with Crippen molar-refractivity contribution in [1.82, 2.24) is 5.32 Å². The van der Waals surface area contributed by atoms with Crippen LogP contribution in [-0.2, 0) is 14.4 Å². The van der Waals surface area contributed by atoms with Gasteiger partial charge < -0.3 is 20.1 Å². The van der Waals surface area contributed by atoms with Crippen LogP contribution in [0.2, 0.25) is 0 Å². The van der Waals surface area contributed by atoms with Crippen LogP contribution >= 0.6 is 11.6 Å². The Balaban J connectivity index is 2.47. The third-order valence-electron chi connectivity index (χ3n) is 3.50. The smallest absolute Gasteiger partial charge is 0.430 e. The van der Waals surface area contributed by atoms with Gasteiger partial charge in [-0.3, -0.25) is 4.79 Å². The van der Waals surface area contributed by atoms with E-state index in [1.807, 2.05) is 5.32 Å². The van der Waals surface area contributed by atoms with Crippen molar-refractivity contribution in [3.8, 4) is 0 Å². The molecule has 2 unspecified atom stereocenters. The third-order valence-corrected chi connectivity index (χ3v) is 3.77. The van der Waals surface area contributed by atoms with E-state index in [0.717, 1.165) is 11.0 Å². The van der Waals surface area contributed by atoms with Crippen LogP contribution in [0.4, 0.5) is 18.9 Å². The van der Waals surface area contributed by atoms with Crippen LogP contribution < -0.4 is 10.2 Å². The van der Waals surface area contributed by atoms with E-state index in [9.17, 15) is 27.6 Å². The summed E-state index contributed by atoms with van der Waals surface area (Å²) in [5.74, 6) is -1.36. The van der Waals surface area contributed by atoms with Crippen molar-refractivity contribution in [2.24, 2.45) is 0 Å². The molecule has 0 saturated carbocycles. The number of allylic oxidation sites excluding steroid dienone is 1. The number of aldehydes is 2. The second-order valence-electron chi connectivity index (χ2n) is 5.23. The number of hydrogen-bond acceptors (Lipinski definition) is 5. The number of benzene rings is 1. The van der Waals surface area contributed by atoms with E-state index in [-0.39, 0.29) is 18.3 Å². The van der Waals surface area contributed by atoms with Crippen LogP contribution in [0.1, 0.15) is 5.56 Å². The molecule has 138 valence electrons. The first-order chi connectivity index (χ1) is 12.2. The van der Waals surface area contributed by atoms with Crippen molar-refractivity contribution in [2.45, 2.75) is 18.4 Å². The van der Waals surface area contributed by atoms with Crippen molar-refractivity contribution in [3.63, 3.8) is 0 Å². The van der Waals surface area contributed by atoms with Gasteiger partial charge >= 0.3 is 12.1 Å². The fourth-order valence-electron chi connectivity index (χ4n) is 2.41. The molecule has 26 heavy (non-hydrogen) atoms. The maximum atomic E-state index is 12.9. The quantitative estimate of drug-likeness (QED) is 0.594. The number of alkyl halides is 3. The van der Waals surface area contributed by atoms with Crippen molar-refractivity contribution in [2.75, 3.05) is 4.90 Å². The van der Waals surface area contributed by atoms with Crippen LogP contribution in [0.5, 0.6) is 0 Å². The van der Waals surface area contributed by atoms with E-state index >= 15 is 0 Å². The van der Waals surface area contributed by atoms with Gasteiger partial charge in [-0.15, -0.1) is 0 Å². The third kappa shape index (κ3) is 4.23. The number of halogens is 4. The van der Waals surface area contributed by atoms with Gasteiger partial charge in [-0.05, 0) is 29.8 Å². The van der Waals surface area contributed by atoms with E-state index in [2.05, 4.69) is 0 Å². The fourth-order valence-corrected chi connectivity index (χ4v) is 2.54. The number of rotatable bonds is 5. The lowest BCUT2D eigenvalue weighted by Crippen LogP contribution is -2.57. The largest absolute Gasteiger partial charge is 0.477 e. The molecule has 0 radical (unpaired) electrons.